The Hall–Kier alpha value is -0.910. The predicted octanol–water partition coefficient (Wildman–Crippen LogP) is 0.545. The van der Waals surface area contributed by atoms with Crippen molar-refractivity contribution in [2.45, 2.75) is 26.4 Å². The van der Waals surface area contributed by atoms with E-state index in [0.717, 1.165) is 45.7 Å². The average molecular weight is 237 g/mol. The molecule has 1 aliphatic rings. The van der Waals surface area contributed by atoms with Crippen molar-refractivity contribution in [2.24, 2.45) is 0 Å². The van der Waals surface area contributed by atoms with Crippen molar-refractivity contribution < 1.29 is 0 Å². The van der Waals surface area contributed by atoms with Crippen LogP contribution in [0.1, 0.15) is 19.0 Å². The Kier molecular flexibility index (Phi) is 4.53. The number of rotatable bonds is 5. The van der Waals surface area contributed by atoms with Gasteiger partial charge in [-0.3, -0.25) is 4.68 Å². The highest BCUT2D eigenvalue weighted by atomic mass is 15.5. The summed E-state index contributed by atoms with van der Waals surface area (Å²) in [5, 5.41) is 6.64. The van der Waals surface area contributed by atoms with Gasteiger partial charge in [0, 0.05) is 38.9 Å². The molecule has 1 saturated heterocycles. The van der Waals surface area contributed by atoms with Crippen molar-refractivity contribution in [3.8, 4) is 0 Å². The number of likely N-dealkylation sites (N-methyl/N-ethyl adjacent to an activating group) is 1. The lowest BCUT2D eigenvalue weighted by atomic mass is 10.4. The minimum atomic E-state index is 0.879. The van der Waals surface area contributed by atoms with Crippen molar-refractivity contribution in [3.63, 3.8) is 0 Å². The van der Waals surface area contributed by atoms with Crippen LogP contribution in [-0.4, -0.2) is 52.9 Å². The standard InChI is InChI=1S/C12H23N5/c1-3-6-17-12(4-5-13-17)11-14-16-9-7-15(2)8-10-16/h4-5,14H,3,6-11H2,1-2H3. The van der Waals surface area contributed by atoms with Gasteiger partial charge in [0.2, 0.25) is 0 Å². The van der Waals surface area contributed by atoms with E-state index in [9.17, 15) is 0 Å². The first-order valence-corrected chi connectivity index (χ1v) is 6.47. The second kappa shape index (κ2) is 6.14. The predicted molar refractivity (Wildman–Crippen MR) is 68.4 cm³/mol. The molecule has 2 heterocycles. The van der Waals surface area contributed by atoms with Crippen molar-refractivity contribution in [1.82, 2.24) is 25.1 Å². The van der Waals surface area contributed by atoms with Gasteiger partial charge in [0.15, 0.2) is 0 Å². The number of aryl methyl sites for hydroxylation is 1. The highest BCUT2D eigenvalue weighted by Gasteiger charge is 2.13. The second-order valence-corrected chi connectivity index (χ2v) is 4.67. The van der Waals surface area contributed by atoms with Crippen LogP contribution in [0.15, 0.2) is 12.3 Å². The maximum atomic E-state index is 4.33. The van der Waals surface area contributed by atoms with E-state index in [1.807, 2.05) is 6.20 Å². The molecule has 0 unspecified atom stereocenters. The first-order valence-electron chi connectivity index (χ1n) is 6.47. The Labute approximate surface area is 103 Å². The molecule has 0 amide bonds. The second-order valence-electron chi connectivity index (χ2n) is 4.67. The zero-order valence-corrected chi connectivity index (χ0v) is 10.9. The van der Waals surface area contributed by atoms with Crippen LogP contribution in [-0.2, 0) is 13.1 Å². The summed E-state index contributed by atoms with van der Waals surface area (Å²) in [5.74, 6) is 0. The molecule has 0 atom stereocenters. The van der Waals surface area contributed by atoms with Gasteiger partial charge in [-0.15, -0.1) is 0 Å². The van der Waals surface area contributed by atoms with Gasteiger partial charge >= 0.3 is 0 Å². The third-order valence-electron chi connectivity index (χ3n) is 3.23. The van der Waals surface area contributed by atoms with Gasteiger partial charge in [0.1, 0.15) is 0 Å². The van der Waals surface area contributed by atoms with Gasteiger partial charge in [-0.25, -0.2) is 10.4 Å². The van der Waals surface area contributed by atoms with E-state index in [2.05, 4.69) is 45.2 Å². The zero-order chi connectivity index (χ0) is 12.1. The lowest BCUT2D eigenvalue weighted by Gasteiger charge is -2.32. The van der Waals surface area contributed by atoms with E-state index in [-0.39, 0.29) is 0 Å². The Balaban J connectivity index is 1.79. The monoisotopic (exact) mass is 237 g/mol. The Morgan fingerprint density at radius 2 is 2.06 bits per heavy atom. The summed E-state index contributed by atoms with van der Waals surface area (Å²) in [5.41, 5.74) is 4.76. The Bertz CT molecular complexity index is 327. The Morgan fingerprint density at radius 3 is 2.76 bits per heavy atom. The molecule has 1 aromatic rings. The molecule has 0 spiro atoms. The molecule has 1 aromatic heterocycles. The lowest BCUT2D eigenvalue weighted by molar-refractivity contribution is 0.101. The highest BCUT2D eigenvalue weighted by Crippen LogP contribution is 2.02. The van der Waals surface area contributed by atoms with Crippen LogP contribution in [0.3, 0.4) is 0 Å². The minimum absolute atomic E-state index is 0.879. The van der Waals surface area contributed by atoms with E-state index >= 15 is 0 Å². The van der Waals surface area contributed by atoms with E-state index < -0.39 is 0 Å². The summed E-state index contributed by atoms with van der Waals surface area (Å²) in [6, 6.07) is 2.10. The van der Waals surface area contributed by atoms with Crippen LogP contribution in [0.4, 0.5) is 0 Å². The summed E-state index contributed by atoms with van der Waals surface area (Å²) < 4.78 is 2.09. The number of nitrogens with zero attached hydrogens (tertiary/aromatic N) is 4. The van der Waals surface area contributed by atoms with Crippen LogP contribution in [0, 0.1) is 0 Å². The molecule has 0 bridgehead atoms. The molecule has 2 rings (SSSR count). The highest BCUT2D eigenvalue weighted by molar-refractivity contribution is 4.99. The molecule has 1 fully saturated rings. The van der Waals surface area contributed by atoms with Gasteiger partial charge in [0.05, 0.1) is 12.2 Å². The summed E-state index contributed by atoms with van der Waals surface area (Å²) in [7, 11) is 2.17. The van der Waals surface area contributed by atoms with Crippen molar-refractivity contribution in [1.29, 1.82) is 0 Å². The summed E-state index contributed by atoms with van der Waals surface area (Å²) in [6.07, 6.45) is 3.01. The van der Waals surface area contributed by atoms with E-state index in [0.29, 0.717) is 0 Å². The quantitative estimate of drug-likeness (QED) is 0.811. The van der Waals surface area contributed by atoms with Gasteiger partial charge in [-0.1, -0.05) is 6.92 Å². The van der Waals surface area contributed by atoms with Gasteiger partial charge in [-0.05, 0) is 19.5 Å². The molecule has 5 heteroatoms. The molecular weight excluding hydrogens is 214 g/mol. The third-order valence-corrected chi connectivity index (χ3v) is 3.23. The number of nitrogens with one attached hydrogen (secondary N) is 1. The smallest absolute Gasteiger partial charge is 0.0536 e. The lowest BCUT2D eigenvalue weighted by Crippen LogP contribution is -2.50. The molecule has 17 heavy (non-hydrogen) atoms. The topological polar surface area (TPSA) is 36.3 Å². The molecule has 0 aliphatic carbocycles. The zero-order valence-electron chi connectivity index (χ0n) is 10.9. The fraction of sp³-hybridized carbons (Fsp3) is 0.750. The molecule has 1 N–H and O–H groups in total. The SMILES string of the molecule is CCCn1nccc1CNN1CCN(C)CC1. The van der Waals surface area contributed by atoms with Crippen LogP contribution in [0.25, 0.3) is 0 Å². The molecule has 0 radical (unpaired) electrons. The first-order chi connectivity index (χ1) is 8.29. The van der Waals surface area contributed by atoms with Crippen molar-refractivity contribution >= 4 is 0 Å². The first kappa shape index (κ1) is 12.5. The molecule has 0 aromatic carbocycles. The normalized spacial score (nSPS) is 18.7. The van der Waals surface area contributed by atoms with E-state index in [1.165, 1.54) is 5.69 Å². The molecule has 1 aliphatic heterocycles. The maximum Gasteiger partial charge on any atom is 0.0536 e. The number of piperazine rings is 1. The van der Waals surface area contributed by atoms with Gasteiger partial charge in [0.25, 0.3) is 0 Å². The van der Waals surface area contributed by atoms with Crippen LogP contribution >= 0.6 is 0 Å². The molecule has 96 valence electrons. The number of hydrazine groups is 1. The fourth-order valence-electron chi connectivity index (χ4n) is 2.08. The fourth-order valence-corrected chi connectivity index (χ4v) is 2.08. The minimum Gasteiger partial charge on any atom is -0.304 e. The maximum absolute atomic E-state index is 4.33. The van der Waals surface area contributed by atoms with Crippen LogP contribution in [0.5, 0.6) is 0 Å². The number of aromatic nitrogens is 2. The van der Waals surface area contributed by atoms with E-state index in [4.69, 9.17) is 0 Å². The molecule has 5 nitrogen and oxygen atoms in total. The van der Waals surface area contributed by atoms with Crippen molar-refractivity contribution in [3.05, 3.63) is 18.0 Å². The average Bonchev–Trinajstić information content (AvgIpc) is 2.77. The Morgan fingerprint density at radius 1 is 1.29 bits per heavy atom. The third kappa shape index (κ3) is 3.52. The summed E-state index contributed by atoms with van der Waals surface area (Å²) in [6.45, 7) is 8.54. The largest absolute Gasteiger partial charge is 0.304 e. The van der Waals surface area contributed by atoms with Crippen LogP contribution < -0.4 is 5.43 Å². The summed E-state index contributed by atoms with van der Waals surface area (Å²) >= 11 is 0. The number of hydrogen-bond donors (Lipinski definition) is 1. The van der Waals surface area contributed by atoms with Crippen molar-refractivity contribution in [2.75, 3.05) is 33.2 Å². The van der Waals surface area contributed by atoms with Crippen LogP contribution in [0.2, 0.25) is 0 Å². The summed E-state index contributed by atoms with van der Waals surface area (Å²) in [4.78, 5) is 2.36. The van der Waals surface area contributed by atoms with Gasteiger partial charge < -0.3 is 4.90 Å². The molecular formula is C12H23N5. The van der Waals surface area contributed by atoms with Gasteiger partial charge in [-0.2, -0.15) is 5.10 Å². The number of hydrogen-bond acceptors (Lipinski definition) is 4. The van der Waals surface area contributed by atoms with E-state index in [1.54, 1.807) is 0 Å². The molecule has 0 saturated carbocycles.